The number of amides is 1. The first-order valence-electron chi connectivity index (χ1n) is 10.2. The Morgan fingerprint density at radius 2 is 1.82 bits per heavy atom. The molecule has 0 unspecified atom stereocenters. The van der Waals surface area contributed by atoms with E-state index in [0.29, 0.717) is 27.5 Å². The van der Waals surface area contributed by atoms with Gasteiger partial charge in [0.05, 0.1) is 34.4 Å². The summed E-state index contributed by atoms with van der Waals surface area (Å²) in [5.41, 5.74) is 0.786. The number of thioether (sulfide) groups is 1. The van der Waals surface area contributed by atoms with Gasteiger partial charge < -0.3 is 9.73 Å². The molecule has 0 saturated heterocycles. The largest absolute Gasteiger partial charge is 0.467 e. The third-order valence-electron chi connectivity index (χ3n) is 4.97. The normalized spacial score (nSPS) is 11.7. The van der Waals surface area contributed by atoms with Crippen LogP contribution in [0, 0.1) is 0 Å². The van der Waals surface area contributed by atoms with E-state index in [0.717, 1.165) is 16.1 Å². The fourth-order valence-corrected chi connectivity index (χ4v) is 4.90. The Balaban J connectivity index is 1.51. The van der Waals surface area contributed by atoms with Crippen molar-refractivity contribution >= 4 is 44.3 Å². The second-order valence-electron chi connectivity index (χ2n) is 7.53. The van der Waals surface area contributed by atoms with E-state index in [1.165, 1.54) is 49.2 Å². The zero-order valence-corrected chi connectivity index (χ0v) is 20.1. The predicted octanol–water partition coefficient (Wildman–Crippen LogP) is 3.02. The second-order valence-corrected chi connectivity index (χ2v) is 10.6. The maximum absolute atomic E-state index is 13.1. The van der Waals surface area contributed by atoms with Gasteiger partial charge in [-0.25, -0.2) is 17.7 Å². The lowest BCUT2D eigenvalue weighted by Crippen LogP contribution is -2.24. The van der Waals surface area contributed by atoms with Gasteiger partial charge in [0.1, 0.15) is 5.76 Å². The van der Waals surface area contributed by atoms with E-state index in [9.17, 15) is 18.0 Å². The van der Waals surface area contributed by atoms with Crippen LogP contribution in [-0.2, 0) is 21.4 Å². The SMILES string of the molecule is CN(C)S(=O)(=O)c1ccc(NC(=O)CSc2nc3ccccc3c(=O)n2Cc2ccco2)cc1. The lowest BCUT2D eigenvalue weighted by molar-refractivity contribution is -0.113. The van der Waals surface area contributed by atoms with Crippen LogP contribution in [-0.4, -0.2) is 48.0 Å². The second kappa shape index (κ2) is 9.84. The molecule has 0 spiro atoms. The van der Waals surface area contributed by atoms with Crippen LogP contribution >= 0.6 is 11.8 Å². The number of furan rings is 1. The number of para-hydroxylation sites is 1. The van der Waals surface area contributed by atoms with Gasteiger partial charge in [-0.1, -0.05) is 23.9 Å². The van der Waals surface area contributed by atoms with Gasteiger partial charge in [-0.2, -0.15) is 0 Å². The molecular formula is C23H22N4O5S2. The van der Waals surface area contributed by atoms with Crippen LogP contribution in [0.4, 0.5) is 5.69 Å². The van der Waals surface area contributed by atoms with Gasteiger partial charge in [0.15, 0.2) is 5.16 Å². The number of aromatic nitrogens is 2. The molecule has 2 heterocycles. The molecule has 1 amide bonds. The predicted molar refractivity (Wildman–Crippen MR) is 130 cm³/mol. The summed E-state index contributed by atoms with van der Waals surface area (Å²) in [5, 5.41) is 3.61. The number of benzene rings is 2. The number of sulfonamides is 1. The summed E-state index contributed by atoms with van der Waals surface area (Å²) in [4.78, 5) is 30.4. The average molecular weight is 499 g/mol. The minimum Gasteiger partial charge on any atom is -0.467 e. The van der Waals surface area contributed by atoms with Crippen molar-refractivity contribution in [1.29, 1.82) is 0 Å². The number of carbonyl (C=O) groups is 1. The van der Waals surface area contributed by atoms with Crippen molar-refractivity contribution in [2.24, 2.45) is 0 Å². The van der Waals surface area contributed by atoms with Crippen molar-refractivity contribution in [3.8, 4) is 0 Å². The van der Waals surface area contributed by atoms with Gasteiger partial charge in [-0.3, -0.25) is 14.2 Å². The fourth-order valence-electron chi connectivity index (χ4n) is 3.20. The summed E-state index contributed by atoms with van der Waals surface area (Å²) in [7, 11) is -0.643. The molecule has 0 fully saturated rings. The topological polar surface area (TPSA) is 115 Å². The highest BCUT2D eigenvalue weighted by Crippen LogP contribution is 2.21. The summed E-state index contributed by atoms with van der Waals surface area (Å²) in [6.45, 7) is 0.190. The van der Waals surface area contributed by atoms with Crippen LogP contribution in [0.3, 0.4) is 0 Å². The van der Waals surface area contributed by atoms with E-state index < -0.39 is 10.0 Å². The van der Waals surface area contributed by atoms with E-state index in [2.05, 4.69) is 10.3 Å². The summed E-state index contributed by atoms with van der Waals surface area (Å²) in [6, 6.07) is 16.5. The molecule has 2 aromatic heterocycles. The van der Waals surface area contributed by atoms with Gasteiger partial charge in [-0.15, -0.1) is 0 Å². The molecular weight excluding hydrogens is 476 g/mol. The van der Waals surface area contributed by atoms with Crippen molar-refractivity contribution in [3.63, 3.8) is 0 Å². The molecule has 0 bridgehead atoms. The number of hydrogen-bond donors (Lipinski definition) is 1. The Hall–Kier alpha value is -3.41. The zero-order valence-electron chi connectivity index (χ0n) is 18.5. The van der Waals surface area contributed by atoms with E-state index in [1.54, 1.807) is 36.4 Å². The van der Waals surface area contributed by atoms with Gasteiger partial charge in [-0.05, 0) is 48.5 Å². The summed E-state index contributed by atoms with van der Waals surface area (Å²) >= 11 is 1.13. The molecule has 4 rings (SSSR count). The highest BCUT2D eigenvalue weighted by molar-refractivity contribution is 7.99. The monoisotopic (exact) mass is 498 g/mol. The highest BCUT2D eigenvalue weighted by atomic mass is 32.2. The molecule has 0 aliphatic rings. The van der Waals surface area contributed by atoms with Crippen LogP contribution in [0.5, 0.6) is 0 Å². The van der Waals surface area contributed by atoms with Gasteiger partial charge >= 0.3 is 0 Å². The van der Waals surface area contributed by atoms with Crippen molar-refractivity contribution in [2.45, 2.75) is 16.6 Å². The molecule has 0 radical (unpaired) electrons. The smallest absolute Gasteiger partial charge is 0.262 e. The Kier molecular flexibility index (Phi) is 6.87. The molecule has 176 valence electrons. The lowest BCUT2D eigenvalue weighted by Gasteiger charge is -2.13. The van der Waals surface area contributed by atoms with Gasteiger partial charge in [0.2, 0.25) is 15.9 Å². The number of anilines is 1. The summed E-state index contributed by atoms with van der Waals surface area (Å²) in [6.07, 6.45) is 1.53. The molecule has 0 aliphatic carbocycles. The molecule has 9 nitrogen and oxygen atoms in total. The summed E-state index contributed by atoms with van der Waals surface area (Å²) < 4.78 is 32.4. The van der Waals surface area contributed by atoms with Crippen LogP contribution in [0.25, 0.3) is 10.9 Å². The molecule has 0 aliphatic heterocycles. The molecule has 1 N–H and O–H groups in total. The Morgan fingerprint density at radius 1 is 1.09 bits per heavy atom. The Labute approximate surface area is 200 Å². The quantitative estimate of drug-likeness (QED) is 0.293. The fraction of sp³-hybridized carbons (Fsp3) is 0.174. The minimum absolute atomic E-state index is 0.000677. The number of nitrogens with one attached hydrogen (secondary N) is 1. The average Bonchev–Trinajstić information content (AvgIpc) is 3.33. The minimum atomic E-state index is -3.55. The molecule has 4 aromatic rings. The number of carbonyl (C=O) groups excluding carboxylic acids is 1. The molecule has 11 heteroatoms. The van der Waals surface area contributed by atoms with Crippen molar-refractivity contribution in [2.75, 3.05) is 25.2 Å². The maximum atomic E-state index is 13.1. The van der Waals surface area contributed by atoms with Gasteiger partial charge in [0.25, 0.3) is 5.56 Å². The van der Waals surface area contributed by atoms with E-state index in [1.807, 2.05) is 0 Å². The molecule has 0 atom stereocenters. The first kappa shape index (κ1) is 23.7. The van der Waals surface area contributed by atoms with Crippen LogP contribution in [0.15, 0.2) is 86.2 Å². The third kappa shape index (κ3) is 5.06. The number of rotatable bonds is 8. The first-order valence-corrected chi connectivity index (χ1v) is 12.7. The van der Waals surface area contributed by atoms with Crippen LogP contribution in [0.2, 0.25) is 0 Å². The van der Waals surface area contributed by atoms with E-state index in [4.69, 9.17) is 4.42 Å². The standard InChI is InChI=1S/C23H22N4O5S2/c1-26(2)34(30,31)18-11-9-16(10-12-18)24-21(28)15-33-23-25-20-8-4-3-7-19(20)22(29)27(23)14-17-6-5-13-32-17/h3-13H,14-15H2,1-2H3,(H,24,28). The third-order valence-corrected chi connectivity index (χ3v) is 7.78. The molecule has 34 heavy (non-hydrogen) atoms. The Morgan fingerprint density at radius 3 is 2.50 bits per heavy atom. The summed E-state index contributed by atoms with van der Waals surface area (Å²) in [5.74, 6) is 0.277. The van der Waals surface area contributed by atoms with Crippen molar-refractivity contribution in [1.82, 2.24) is 13.9 Å². The van der Waals surface area contributed by atoms with Gasteiger partial charge in [0, 0.05) is 19.8 Å². The van der Waals surface area contributed by atoms with Crippen molar-refractivity contribution < 1.29 is 17.6 Å². The van der Waals surface area contributed by atoms with E-state index >= 15 is 0 Å². The lowest BCUT2D eigenvalue weighted by atomic mass is 10.2. The van der Waals surface area contributed by atoms with Crippen molar-refractivity contribution in [3.05, 3.63) is 83.0 Å². The molecule has 2 aromatic carbocycles. The number of nitrogens with zero attached hydrogens (tertiary/aromatic N) is 3. The van der Waals surface area contributed by atoms with Crippen LogP contribution < -0.4 is 10.9 Å². The zero-order chi connectivity index (χ0) is 24.3. The first-order chi connectivity index (χ1) is 16.3. The molecule has 0 saturated carbocycles. The van der Waals surface area contributed by atoms with Crippen LogP contribution in [0.1, 0.15) is 5.76 Å². The number of hydrogen-bond acceptors (Lipinski definition) is 7. The number of fused-ring (bicyclic) bond motifs is 1. The maximum Gasteiger partial charge on any atom is 0.262 e. The Bertz CT molecular complexity index is 1480. The van der Waals surface area contributed by atoms with E-state index in [-0.39, 0.29) is 28.7 Å². The highest BCUT2D eigenvalue weighted by Gasteiger charge is 2.17.